The van der Waals surface area contributed by atoms with E-state index in [1.807, 2.05) is 18.2 Å². The lowest BCUT2D eigenvalue weighted by Crippen LogP contribution is -2.58. The average molecular weight is 797 g/mol. The van der Waals surface area contributed by atoms with E-state index in [1.165, 1.54) is 27.9 Å². The molecule has 5 atom stereocenters. The maximum absolute atomic E-state index is 12.9. The summed E-state index contributed by atoms with van der Waals surface area (Å²) in [5.41, 5.74) is 7.58. The molecule has 5 aliphatic heterocycles. The van der Waals surface area contributed by atoms with Gasteiger partial charge in [-0.1, -0.05) is 48.5 Å². The highest BCUT2D eigenvalue weighted by molar-refractivity contribution is 6.03. The van der Waals surface area contributed by atoms with Crippen LogP contribution in [0.25, 0.3) is 0 Å². The van der Waals surface area contributed by atoms with Crippen LogP contribution in [0.3, 0.4) is 0 Å². The number of ether oxygens (including phenoxy) is 2. The summed E-state index contributed by atoms with van der Waals surface area (Å²) in [7, 11) is 0. The first kappa shape index (κ1) is 37.8. The number of hydrogen-bond acceptors (Lipinski definition) is 10. The van der Waals surface area contributed by atoms with Gasteiger partial charge in [0.2, 0.25) is 17.7 Å². The number of aromatic hydroxyl groups is 1. The summed E-state index contributed by atoms with van der Waals surface area (Å²) in [6.45, 7) is 6.94. The molecular formula is C47H52N6O6. The maximum atomic E-state index is 12.9. The second kappa shape index (κ2) is 15.6. The number of phenolic OH excluding ortho intramolecular Hbond substituents is 1. The number of pyridine rings is 1. The number of fused-ring (bicyclic) bond motifs is 4. The first-order chi connectivity index (χ1) is 28.8. The van der Waals surface area contributed by atoms with Gasteiger partial charge in [-0.3, -0.25) is 24.6 Å². The third-order valence-corrected chi connectivity index (χ3v) is 13.8. The molecule has 1 aliphatic carbocycles. The Balaban J connectivity index is 0.725. The summed E-state index contributed by atoms with van der Waals surface area (Å²) in [4.78, 5) is 48.5. The van der Waals surface area contributed by atoms with Crippen LogP contribution in [0.2, 0.25) is 0 Å². The van der Waals surface area contributed by atoms with E-state index in [1.54, 1.807) is 6.07 Å². The molecule has 6 aliphatic rings. The van der Waals surface area contributed by atoms with E-state index in [-0.39, 0.29) is 42.0 Å². The number of carbonyl (C=O) groups excluding carboxylic acids is 3. The number of aryl methyl sites for hydroxylation is 1. The van der Waals surface area contributed by atoms with Crippen LogP contribution in [0.1, 0.15) is 83.1 Å². The number of nitrogens with zero attached hydrogens (tertiary/aromatic N) is 4. The number of rotatable bonds is 7. The number of hydrogen-bond donors (Lipinski definition) is 3. The van der Waals surface area contributed by atoms with Gasteiger partial charge in [0.05, 0.1) is 18.2 Å². The van der Waals surface area contributed by atoms with Gasteiger partial charge in [0.15, 0.2) is 0 Å². The number of aromatic nitrogens is 1. The number of nitrogens with one attached hydrogen (secondary N) is 2. The molecule has 3 N–H and O–H groups in total. The fourth-order valence-electron chi connectivity index (χ4n) is 10.8. The van der Waals surface area contributed by atoms with Gasteiger partial charge in [-0.25, -0.2) is 4.98 Å². The fraction of sp³-hybridized carbons (Fsp3) is 0.447. The minimum absolute atomic E-state index is 0.0516. The van der Waals surface area contributed by atoms with Crippen LogP contribution in [0.15, 0.2) is 84.9 Å². The molecule has 3 amide bonds. The van der Waals surface area contributed by atoms with Crippen LogP contribution in [0.4, 0.5) is 11.4 Å². The lowest BCUT2D eigenvalue weighted by molar-refractivity contribution is -0.134. The molecule has 0 bridgehead atoms. The fourth-order valence-corrected chi connectivity index (χ4v) is 10.8. The Morgan fingerprint density at radius 2 is 1.73 bits per heavy atom. The Kier molecular flexibility index (Phi) is 10.0. The second-order valence-corrected chi connectivity index (χ2v) is 17.5. The average Bonchev–Trinajstić information content (AvgIpc) is 3.65. The molecule has 1 spiro atoms. The van der Waals surface area contributed by atoms with E-state index < -0.39 is 17.9 Å². The van der Waals surface area contributed by atoms with Crippen molar-refractivity contribution in [3.8, 4) is 11.6 Å². The highest BCUT2D eigenvalue weighted by atomic mass is 16.5. The molecule has 6 heterocycles. The minimum atomic E-state index is -0.758. The third-order valence-electron chi connectivity index (χ3n) is 13.8. The van der Waals surface area contributed by atoms with Crippen molar-refractivity contribution in [2.75, 3.05) is 62.3 Å². The SMILES string of the molecule is O=C1CC[C@H](NC(=O)c2ccc3c(n2)OC[C@H]2CN(C[C@H]4COC5(CCN(c6ccc([C@@H]7c8ccc(O)cc8CC[C@@H]7c7ccccc7)cc6)CC5)C4)CCN32)C(=O)N1. The zero-order valence-corrected chi connectivity index (χ0v) is 33.4. The smallest absolute Gasteiger partial charge is 0.270 e. The van der Waals surface area contributed by atoms with Gasteiger partial charge in [0.25, 0.3) is 5.91 Å². The Morgan fingerprint density at radius 1 is 0.898 bits per heavy atom. The van der Waals surface area contributed by atoms with Crippen LogP contribution >= 0.6 is 0 Å². The van der Waals surface area contributed by atoms with Crippen LogP contribution in [-0.2, 0) is 20.7 Å². The zero-order valence-electron chi connectivity index (χ0n) is 33.4. The minimum Gasteiger partial charge on any atom is -0.508 e. The Labute approximate surface area is 344 Å². The number of anilines is 2. The summed E-state index contributed by atoms with van der Waals surface area (Å²) in [6.07, 6.45) is 5.64. The lowest BCUT2D eigenvalue weighted by Gasteiger charge is -2.45. The van der Waals surface area contributed by atoms with E-state index in [0.717, 1.165) is 83.7 Å². The number of amides is 3. The molecule has 4 fully saturated rings. The predicted octanol–water partition coefficient (Wildman–Crippen LogP) is 5.14. The number of carbonyl (C=O) groups is 3. The van der Waals surface area contributed by atoms with Crippen molar-refractivity contribution < 1.29 is 29.0 Å². The van der Waals surface area contributed by atoms with Crippen molar-refractivity contribution in [2.45, 2.75) is 74.5 Å². The van der Waals surface area contributed by atoms with Crippen LogP contribution in [-0.4, -0.2) is 103 Å². The van der Waals surface area contributed by atoms with Gasteiger partial charge in [-0.15, -0.1) is 0 Å². The summed E-state index contributed by atoms with van der Waals surface area (Å²) in [5, 5.41) is 15.2. The van der Waals surface area contributed by atoms with Crippen molar-refractivity contribution in [3.63, 3.8) is 0 Å². The largest absolute Gasteiger partial charge is 0.508 e. The molecule has 0 radical (unpaired) electrons. The molecule has 4 saturated heterocycles. The van der Waals surface area contributed by atoms with Crippen molar-refractivity contribution in [3.05, 3.63) is 113 Å². The van der Waals surface area contributed by atoms with Crippen molar-refractivity contribution in [1.82, 2.24) is 20.5 Å². The topological polar surface area (TPSA) is 137 Å². The van der Waals surface area contributed by atoms with Crippen molar-refractivity contribution in [1.29, 1.82) is 0 Å². The van der Waals surface area contributed by atoms with Gasteiger partial charge < -0.3 is 29.7 Å². The predicted molar refractivity (Wildman–Crippen MR) is 223 cm³/mol. The van der Waals surface area contributed by atoms with Gasteiger partial charge in [0.1, 0.15) is 29.8 Å². The summed E-state index contributed by atoms with van der Waals surface area (Å²) >= 11 is 0. The number of piperazine rings is 1. The maximum Gasteiger partial charge on any atom is 0.270 e. The summed E-state index contributed by atoms with van der Waals surface area (Å²) in [6, 6.07) is 29.1. The number of phenols is 1. The first-order valence-electron chi connectivity index (χ1n) is 21.4. The molecule has 10 rings (SSSR count). The molecule has 4 aromatic rings. The Morgan fingerprint density at radius 3 is 2.54 bits per heavy atom. The van der Waals surface area contributed by atoms with Gasteiger partial charge in [-0.2, -0.15) is 0 Å². The monoisotopic (exact) mass is 796 g/mol. The molecule has 306 valence electrons. The lowest BCUT2D eigenvalue weighted by atomic mass is 9.69. The standard InChI is InChI=1S/C47H52N6O6/c54-36-11-13-38-33(24-36)8-12-37(31-4-2-1-3-5-31)43(38)32-6-9-34(10-7-32)52-20-18-47(19-21-52)25-30(28-59-47)26-51-22-23-53-35(27-51)29-58-46-41(53)16-14-40(49-46)44(56)48-39-15-17-42(55)50-45(39)57/h1-7,9-11,13-14,16,24,30,35,37,39,43,54H,8,12,15,17-23,25-29H2,(H,48,56)(H,50,55,57)/t30-,35+,37+,39-,43-/m0/s1. The third kappa shape index (κ3) is 7.53. The van der Waals surface area contributed by atoms with Gasteiger partial charge in [0, 0.05) is 57.3 Å². The normalized spacial score (nSPS) is 26.3. The van der Waals surface area contributed by atoms with Gasteiger partial charge in [-0.05, 0) is 109 Å². The van der Waals surface area contributed by atoms with E-state index in [0.29, 0.717) is 30.1 Å². The van der Waals surface area contributed by atoms with Crippen LogP contribution in [0.5, 0.6) is 11.6 Å². The number of benzene rings is 3. The number of piperidine rings is 2. The molecule has 12 nitrogen and oxygen atoms in total. The van der Waals surface area contributed by atoms with E-state index in [2.05, 4.69) is 91.0 Å². The molecule has 3 aromatic carbocycles. The zero-order chi connectivity index (χ0) is 40.1. The highest BCUT2D eigenvalue weighted by Crippen LogP contribution is 2.48. The summed E-state index contributed by atoms with van der Waals surface area (Å²) < 4.78 is 12.8. The Hall–Kier alpha value is -5.46. The van der Waals surface area contributed by atoms with Crippen molar-refractivity contribution in [2.24, 2.45) is 5.92 Å². The molecule has 1 aromatic heterocycles. The van der Waals surface area contributed by atoms with Gasteiger partial charge >= 0.3 is 0 Å². The molecule has 12 heteroatoms. The van der Waals surface area contributed by atoms with Crippen molar-refractivity contribution >= 4 is 29.1 Å². The van der Waals surface area contributed by atoms with Crippen LogP contribution < -0.4 is 25.2 Å². The van der Waals surface area contributed by atoms with Crippen LogP contribution in [0, 0.1) is 5.92 Å². The molecule has 0 unspecified atom stereocenters. The first-order valence-corrected chi connectivity index (χ1v) is 21.4. The Bertz CT molecular complexity index is 2230. The quantitative estimate of drug-likeness (QED) is 0.216. The molecule has 59 heavy (non-hydrogen) atoms. The van der Waals surface area contributed by atoms with E-state index in [9.17, 15) is 19.5 Å². The van der Waals surface area contributed by atoms with E-state index in [4.69, 9.17) is 9.47 Å². The number of imide groups is 1. The van der Waals surface area contributed by atoms with E-state index >= 15 is 0 Å². The second-order valence-electron chi connectivity index (χ2n) is 17.5. The highest BCUT2D eigenvalue weighted by Gasteiger charge is 2.44. The molecular weight excluding hydrogens is 745 g/mol. The molecule has 0 saturated carbocycles. The summed E-state index contributed by atoms with van der Waals surface area (Å²) in [5.74, 6) is 0.633.